The molecule has 6 aliphatic rings. The lowest BCUT2D eigenvalue weighted by molar-refractivity contribution is -0.127. The Balaban J connectivity index is 1.14. The minimum absolute atomic E-state index is 0.0608. The Morgan fingerprint density at radius 3 is 2.68 bits per heavy atom. The predicted molar refractivity (Wildman–Crippen MR) is 141 cm³/mol. The van der Waals surface area contributed by atoms with E-state index in [1.54, 1.807) is 7.11 Å². The Bertz CT molecular complexity index is 1190. The molecule has 6 atom stereocenters. The van der Waals surface area contributed by atoms with E-state index in [-0.39, 0.29) is 47.6 Å². The fourth-order valence-corrected chi connectivity index (χ4v) is 7.25. The molecule has 0 spiro atoms. The number of allylic oxidation sites excluding steroid dienone is 1. The molecular weight excluding hydrogens is 482 g/mol. The summed E-state index contributed by atoms with van der Waals surface area (Å²) in [6.07, 6.45) is 10.6. The molecule has 2 amide bonds. The van der Waals surface area contributed by atoms with E-state index < -0.39 is 0 Å². The summed E-state index contributed by atoms with van der Waals surface area (Å²) in [5, 5.41) is 10.9. The van der Waals surface area contributed by atoms with Crippen LogP contribution >= 0.6 is 0 Å². The van der Waals surface area contributed by atoms with Crippen molar-refractivity contribution in [2.45, 2.75) is 57.1 Å². The average Bonchev–Trinajstić information content (AvgIpc) is 3.17. The maximum absolute atomic E-state index is 13.8. The van der Waals surface area contributed by atoms with E-state index in [0.717, 1.165) is 30.7 Å². The summed E-state index contributed by atoms with van der Waals surface area (Å²) >= 11 is 0. The standard InChI is InChI=1S/C30H37N3O5/c1-36-24-10-7-18(27-23-14-37-15-25(23)38-33-27)12-22(24)29(34)32-28-20-9-8-19(21(20)11-16-5-6-16)26(28)30(35)31-13-17-3-2-4-17/h7,10-12,16-17,19-20,23,25-26,28H,2-6,8-9,13-15H2,1H3,(H,31,35)(H,32,34)/b21-11-/t19?,20-,23?,25?,26+,28-/m1/s1. The molecule has 2 heterocycles. The molecule has 202 valence electrons. The molecule has 2 bridgehead atoms. The molecule has 8 nitrogen and oxygen atoms in total. The summed E-state index contributed by atoms with van der Waals surface area (Å²) in [6, 6.07) is 5.37. The van der Waals surface area contributed by atoms with Crippen molar-refractivity contribution in [2.75, 3.05) is 26.9 Å². The molecule has 3 unspecified atom stereocenters. The van der Waals surface area contributed by atoms with Crippen LogP contribution in [0, 0.1) is 35.5 Å². The van der Waals surface area contributed by atoms with Gasteiger partial charge in [0.15, 0.2) is 6.10 Å². The molecule has 7 rings (SSSR count). The highest BCUT2D eigenvalue weighted by Gasteiger charge is 2.55. The minimum atomic E-state index is -0.221. The fourth-order valence-electron chi connectivity index (χ4n) is 7.25. The predicted octanol–water partition coefficient (Wildman–Crippen LogP) is 3.45. The van der Waals surface area contributed by atoms with Gasteiger partial charge in [-0.1, -0.05) is 23.2 Å². The first-order valence-corrected chi connectivity index (χ1v) is 14.4. The molecular formula is C30H37N3O5. The number of nitrogens with zero attached hydrogens (tertiary/aromatic N) is 1. The second-order valence-corrected chi connectivity index (χ2v) is 12.0. The summed E-state index contributed by atoms with van der Waals surface area (Å²) < 4.78 is 11.2. The van der Waals surface area contributed by atoms with Crippen molar-refractivity contribution in [3.63, 3.8) is 0 Å². The van der Waals surface area contributed by atoms with Crippen LogP contribution in [0.25, 0.3) is 0 Å². The molecule has 1 saturated heterocycles. The van der Waals surface area contributed by atoms with E-state index in [1.165, 1.54) is 37.7 Å². The Labute approximate surface area is 223 Å². The second kappa shape index (κ2) is 9.70. The van der Waals surface area contributed by atoms with Crippen molar-refractivity contribution in [2.24, 2.45) is 40.7 Å². The maximum atomic E-state index is 13.8. The van der Waals surface area contributed by atoms with Crippen molar-refractivity contribution in [1.82, 2.24) is 10.6 Å². The summed E-state index contributed by atoms with van der Waals surface area (Å²) in [4.78, 5) is 33.0. The van der Waals surface area contributed by atoms with Gasteiger partial charge in [0.05, 0.1) is 43.4 Å². The summed E-state index contributed by atoms with van der Waals surface area (Å²) in [5.41, 5.74) is 3.52. The molecule has 4 aliphatic carbocycles. The van der Waals surface area contributed by atoms with Crippen molar-refractivity contribution in [1.29, 1.82) is 0 Å². The van der Waals surface area contributed by atoms with Crippen LogP contribution in [-0.4, -0.2) is 56.5 Å². The molecule has 38 heavy (non-hydrogen) atoms. The van der Waals surface area contributed by atoms with E-state index >= 15 is 0 Å². The fraction of sp³-hybridized carbons (Fsp3) is 0.633. The van der Waals surface area contributed by atoms with Gasteiger partial charge in [-0.3, -0.25) is 9.59 Å². The lowest BCUT2D eigenvalue weighted by atomic mass is 9.82. The quantitative estimate of drug-likeness (QED) is 0.513. The Hall–Kier alpha value is -2.87. The van der Waals surface area contributed by atoms with Crippen molar-refractivity contribution >= 4 is 17.5 Å². The van der Waals surface area contributed by atoms with E-state index in [0.29, 0.717) is 36.4 Å². The van der Waals surface area contributed by atoms with Crippen LogP contribution in [0.4, 0.5) is 0 Å². The molecule has 8 heteroatoms. The van der Waals surface area contributed by atoms with Crippen LogP contribution < -0.4 is 15.4 Å². The number of fused-ring (bicyclic) bond motifs is 3. The monoisotopic (exact) mass is 519 g/mol. The molecule has 1 aromatic rings. The Morgan fingerprint density at radius 1 is 1.08 bits per heavy atom. The third-order valence-corrected chi connectivity index (χ3v) is 9.75. The van der Waals surface area contributed by atoms with Gasteiger partial charge in [0, 0.05) is 24.1 Å². The van der Waals surface area contributed by atoms with Gasteiger partial charge in [-0.05, 0) is 74.5 Å². The summed E-state index contributed by atoms with van der Waals surface area (Å²) in [7, 11) is 1.58. The molecule has 5 fully saturated rings. The SMILES string of the molecule is COc1ccc(C2=NOC3COCC23)cc1C(=O)N[C@@H]1[C@@H]2CCC(/C2=C/C2CC2)[C@@H]1C(=O)NCC1CCC1. The zero-order chi connectivity index (χ0) is 25.8. The number of carbonyl (C=O) groups excluding carboxylic acids is 2. The Kier molecular flexibility index (Phi) is 6.18. The van der Waals surface area contributed by atoms with Crippen molar-refractivity contribution in [3.05, 3.63) is 41.0 Å². The number of hydrogen-bond donors (Lipinski definition) is 2. The van der Waals surface area contributed by atoms with Gasteiger partial charge in [0.2, 0.25) is 5.91 Å². The molecule has 0 aromatic heterocycles. The number of methoxy groups -OCH3 is 1. The van der Waals surface area contributed by atoms with Gasteiger partial charge in [0.1, 0.15) is 5.75 Å². The van der Waals surface area contributed by atoms with Gasteiger partial charge >= 0.3 is 0 Å². The maximum Gasteiger partial charge on any atom is 0.255 e. The first-order valence-electron chi connectivity index (χ1n) is 14.4. The van der Waals surface area contributed by atoms with E-state index in [9.17, 15) is 9.59 Å². The molecule has 1 aromatic carbocycles. The average molecular weight is 520 g/mol. The minimum Gasteiger partial charge on any atom is -0.496 e. The number of ether oxygens (including phenoxy) is 2. The third kappa shape index (κ3) is 4.21. The number of benzene rings is 1. The van der Waals surface area contributed by atoms with Gasteiger partial charge in [-0.25, -0.2) is 0 Å². The van der Waals surface area contributed by atoms with Crippen LogP contribution in [0.2, 0.25) is 0 Å². The number of rotatable bonds is 8. The van der Waals surface area contributed by atoms with Gasteiger partial charge < -0.3 is 24.9 Å². The smallest absolute Gasteiger partial charge is 0.255 e. The first-order chi connectivity index (χ1) is 18.6. The summed E-state index contributed by atoms with van der Waals surface area (Å²) in [6.45, 7) is 1.85. The van der Waals surface area contributed by atoms with Gasteiger partial charge in [0.25, 0.3) is 5.91 Å². The number of amides is 2. The van der Waals surface area contributed by atoms with Gasteiger partial charge in [-0.15, -0.1) is 0 Å². The van der Waals surface area contributed by atoms with Crippen LogP contribution in [-0.2, 0) is 14.4 Å². The van der Waals surface area contributed by atoms with Crippen LogP contribution in [0.15, 0.2) is 35.0 Å². The van der Waals surface area contributed by atoms with Crippen LogP contribution in [0.5, 0.6) is 5.75 Å². The van der Waals surface area contributed by atoms with Crippen LogP contribution in [0.1, 0.15) is 60.9 Å². The first kappa shape index (κ1) is 24.2. The highest BCUT2D eigenvalue weighted by Crippen LogP contribution is 2.54. The normalized spacial score (nSPS) is 34.4. The highest BCUT2D eigenvalue weighted by molar-refractivity contribution is 6.06. The van der Waals surface area contributed by atoms with Gasteiger partial charge in [-0.2, -0.15) is 0 Å². The lowest BCUT2D eigenvalue weighted by Crippen LogP contribution is -2.50. The second-order valence-electron chi connectivity index (χ2n) is 12.0. The molecule has 4 saturated carbocycles. The van der Waals surface area contributed by atoms with Crippen LogP contribution in [0.3, 0.4) is 0 Å². The number of nitrogens with one attached hydrogen (secondary N) is 2. The number of hydrogen-bond acceptors (Lipinski definition) is 6. The molecule has 2 aliphatic heterocycles. The number of carbonyl (C=O) groups is 2. The Morgan fingerprint density at radius 2 is 1.92 bits per heavy atom. The lowest BCUT2D eigenvalue weighted by Gasteiger charge is -2.32. The largest absolute Gasteiger partial charge is 0.496 e. The van der Waals surface area contributed by atoms with Crippen molar-refractivity contribution < 1.29 is 23.9 Å². The topological polar surface area (TPSA) is 98.2 Å². The number of oxime groups is 1. The van der Waals surface area contributed by atoms with Crippen molar-refractivity contribution in [3.8, 4) is 5.75 Å². The molecule has 2 N–H and O–H groups in total. The summed E-state index contributed by atoms with van der Waals surface area (Å²) in [5.74, 6) is 1.95. The van der Waals surface area contributed by atoms with E-state index in [1.807, 2.05) is 18.2 Å². The highest BCUT2D eigenvalue weighted by atomic mass is 16.7. The van der Waals surface area contributed by atoms with E-state index in [2.05, 4.69) is 21.9 Å². The zero-order valence-electron chi connectivity index (χ0n) is 22.0. The molecule has 0 radical (unpaired) electrons. The van der Waals surface area contributed by atoms with E-state index in [4.69, 9.17) is 14.3 Å². The third-order valence-electron chi connectivity index (χ3n) is 9.75. The zero-order valence-corrected chi connectivity index (χ0v) is 22.0.